The number of aromatic nitrogens is 1. The summed E-state index contributed by atoms with van der Waals surface area (Å²) in [4.78, 5) is 5.69. The molecule has 1 aromatic carbocycles. The fourth-order valence-corrected chi connectivity index (χ4v) is 4.50. The van der Waals surface area contributed by atoms with Crippen molar-refractivity contribution < 1.29 is 8.42 Å². The van der Waals surface area contributed by atoms with Gasteiger partial charge in [-0.1, -0.05) is 43.2 Å². The lowest BCUT2D eigenvalue weighted by atomic mass is 10.1. The van der Waals surface area contributed by atoms with Crippen molar-refractivity contribution in [2.45, 2.75) is 46.6 Å². The molecular weight excluding hydrogens is 328 g/mol. The maximum Gasteiger partial charge on any atom is 0.211 e. The van der Waals surface area contributed by atoms with Crippen molar-refractivity contribution >= 4 is 21.4 Å². The van der Waals surface area contributed by atoms with E-state index in [9.17, 15) is 8.42 Å². The Morgan fingerprint density at radius 1 is 1.17 bits per heavy atom. The molecule has 1 heterocycles. The summed E-state index contributed by atoms with van der Waals surface area (Å²) in [5.74, 6) is 0.185. The number of rotatable bonds is 8. The topological polar surface area (TPSA) is 59.1 Å². The minimum Gasteiger partial charge on any atom is -0.245 e. The van der Waals surface area contributed by atoms with Gasteiger partial charge in [-0.25, -0.2) is 18.1 Å². The molecule has 2 rings (SSSR count). The van der Waals surface area contributed by atoms with Gasteiger partial charge in [0.15, 0.2) is 0 Å². The minimum atomic E-state index is -3.19. The van der Waals surface area contributed by atoms with Crippen LogP contribution < -0.4 is 4.72 Å². The second-order valence-electron chi connectivity index (χ2n) is 5.77. The fraction of sp³-hybridized carbons (Fsp3) is 0.471. The van der Waals surface area contributed by atoms with Crippen molar-refractivity contribution in [3.8, 4) is 0 Å². The van der Waals surface area contributed by atoms with Gasteiger partial charge in [-0.15, -0.1) is 11.3 Å². The highest BCUT2D eigenvalue weighted by atomic mass is 32.2. The van der Waals surface area contributed by atoms with Gasteiger partial charge in [-0.05, 0) is 25.8 Å². The Balaban J connectivity index is 1.99. The Bertz CT molecular complexity index is 734. The zero-order valence-corrected chi connectivity index (χ0v) is 15.6. The Labute approximate surface area is 143 Å². The molecule has 6 heteroatoms. The smallest absolute Gasteiger partial charge is 0.211 e. The van der Waals surface area contributed by atoms with E-state index in [1.54, 1.807) is 11.3 Å². The molecule has 0 saturated carbocycles. The molecule has 23 heavy (non-hydrogen) atoms. The van der Waals surface area contributed by atoms with Crippen LogP contribution in [0.15, 0.2) is 24.3 Å². The molecule has 2 aromatic rings. The van der Waals surface area contributed by atoms with Gasteiger partial charge in [0.05, 0.1) is 18.0 Å². The third-order valence-corrected chi connectivity index (χ3v) is 6.20. The SMILES string of the molecule is CCCCS(=O)(=O)NCc1nc(C)c(Cc2ccc(C)cc2)s1. The molecule has 0 unspecified atom stereocenters. The Morgan fingerprint density at radius 3 is 2.52 bits per heavy atom. The molecule has 1 N–H and O–H groups in total. The lowest BCUT2D eigenvalue weighted by Gasteiger charge is -2.03. The van der Waals surface area contributed by atoms with Crippen LogP contribution in [0.2, 0.25) is 0 Å². The lowest BCUT2D eigenvalue weighted by molar-refractivity contribution is 0.577. The zero-order valence-electron chi connectivity index (χ0n) is 13.9. The van der Waals surface area contributed by atoms with E-state index in [0.29, 0.717) is 6.42 Å². The van der Waals surface area contributed by atoms with Crippen LogP contribution in [0.25, 0.3) is 0 Å². The number of aryl methyl sites for hydroxylation is 2. The molecule has 0 spiro atoms. The van der Waals surface area contributed by atoms with E-state index in [-0.39, 0.29) is 12.3 Å². The summed E-state index contributed by atoms with van der Waals surface area (Å²) in [5, 5.41) is 0.824. The van der Waals surface area contributed by atoms with E-state index in [2.05, 4.69) is 40.9 Å². The van der Waals surface area contributed by atoms with Gasteiger partial charge in [0.25, 0.3) is 0 Å². The van der Waals surface area contributed by atoms with Crippen LogP contribution in [0, 0.1) is 13.8 Å². The van der Waals surface area contributed by atoms with Crippen molar-refractivity contribution in [3.05, 3.63) is 51.0 Å². The van der Waals surface area contributed by atoms with Crippen LogP contribution in [0.5, 0.6) is 0 Å². The molecule has 0 saturated heterocycles. The second kappa shape index (κ2) is 8.04. The largest absolute Gasteiger partial charge is 0.245 e. The van der Waals surface area contributed by atoms with Crippen molar-refractivity contribution in [1.29, 1.82) is 0 Å². The summed E-state index contributed by atoms with van der Waals surface area (Å²) in [6, 6.07) is 8.46. The fourth-order valence-electron chi connectivity index (χ4n) is 2.20. The van der Waals surface area contributed by atoms with Crippen LogP contribution in [-0.2, 0) is 23.0 Å². The highest BCUT2D eigenvalue weighted by Gasteiger charge is 2.13. The van der Waals surface area contributed by atoms with E-state index in [0.717, 1.165) is 23.5 Å². The Morgan fingerprint density at radius 2 is 1.87 bits per heavy atom. The summed E-state index contributed by atoms with van der Waals surface area (Å²) in [6.45, 7) is 6.32. The first-order valence-corrected chi connectivity index (χ1v) is 10.3. The van der Waals surface area contributed by atoms with Crippen molar-refractivity contribution in [1.82, 2.24) is 9.71 Å². The molecule has 0 amide bonds. The standard InChI is InChI=1S/C17H24N2O2S2/c1-4-5-10-23(20,21)18-12-17-19-14(3)16(22-17)11-15-8-6-13(2)7-9-15/h6-9,18H,4-5,10-12H2,1-3H3. The molecule has 126 valence electrons. The molecule has 0 aliphatic rings. The summed E-state index contributed by atoms with van der Waals surface area (Å²) < 4.78 is 26.3. The number of unbranched alkanes of at least 4 members (excludes halogenated alkanes) is 1. The molecule has 0 bridgehead atoms. The number of nitrogens with one attached hydrogen (secondary N) is 1. The second-order valence-corrected chi connectivity index (χ2v) is 8.87. The summed E-state index contributed by atoms with van der Waals surface area (Å²) in [5.41, 5.74) is 3.48. The van der Waals surface area contributed by atoms with Gasteiger partial charge in [-0.2, -0.15) is 0 Å². The van der Waals surface area contributed by atoms with Crippen molar-refractivity contribution in [2.75, 3.05) is 5.75 Å². The predicted molar refractivity (Wildman–Crippen MR) is 96.4 cm³/mol. The Hall–Kier alpha value is -1.24. The van der Waals surface area contributed by atoms with Crippen molar-refractivity contribution in [2.24, 2.45) is 0 Å². The average molecular weight is 353 g/mol. The van der Waals surface area contributed by atoms with E-state index < -0.39 is 10.0 Å². The molecule has 4 nitrogen and oxygen atoms in total. The van der Waals surface area contributed by atoms with Gasteiger partial charge in [0.2, 0.25) is 10.0 Å². The normalized spacial score (nSPS) is 11.8. The third kappa shape index (κ3) is 5.71. The molecule has 0 fully saturated rings. The monoisotopic (exact) mass is 352 g/mol. The van der Waals surface area contributed by atoms with E-state index >= 15 is 0 Å². The number of benzene rings is 1. The third-order valence-electron chi connectivity index (χ3n) is 3.63. The van der Waals surface area contributed by atoms with Gasteiger partial charge in [-0.3, -0.25) is 0 Å². The lowest BCUT2D eigenvalue weighted by Crippen LogP contribution is -2.25. The highest BCUT2D eigenvalue weighted by molar-refractivity contribution is 7.89. The first-order valence-electron chi connectivity index (χ1n) is 7.87. The quantitative estimate of drug-likeness (QED) is 0.790. The molecule has 0 atom stereocenters. The minimum absolute atomic E-state index is 0.185. The van der Waals surface area contributed by atoms with Crippen LogP contribution in [-0.4, -0.2) is 19.2 Å². The van der Waals surface area contributed by atoms with Gasteiger partial charge >= 0.3 is 0 Å². The Kier molecular flexibility index (Phi) is 6.33. The van der Waals surface area contributed by atoms with Crippen LogP contribution in [0.3, 0.4) is 0 Å². The van der Waals surface area contributed by atoms with E-state index in [4.69, 9.17) is 0 Å². The number of hydrogen-bond donors (Lipinski definition) is 1. The maximum atomic E-state index is 11.8. The van der Waals surface area contributed by atoms with Crippen LogP contribution in [0.1, 0.15) is 46.5 Å². The summed E-state index contributed by atoms with van der Waals surface area (Å²) in [7, 11) is -3.19. The molecule has 0 aliphatic heterocycles. The van der Waals surface area contributed by atoms with Crippen LogP contribution in [0.4, 0.5) is 0 Å². The number of thiazole rings is 1. The predicted octanol–water partition coefficient (Wildman–Crippen LogP) is 3.57. The number of sulfonamides is 1. The number of nitrogens with zero attached hydrogens (tertiary/aromatic N) is 1. The molecule has 1 aromatic heterocycles. The first kappa shape index (κ1) is 18.1. The van der Waals surface area contributed by atoms with E-state index in [1.807, 2.05) is 13.8 Å². The number of hydrogen-bond acceptors (Lipinski definition) is 4. The maximum absolute atomic E-state index is 11.8. The van der Waals surface area contributed by atoms with E-state index in [1.165, 1.54) is 16.0 Å². The van der Waals surface area contributed by atoms with Crippen molar-refractivity contribution in [3.63, 3.8) is 0 Å². The molecular formula is C17H24N2O2S2. The van der Waals surface area contributed by atoms with Gasteiger partial charge in [0, 0.05) is 11.3 Å². The van der Waals surface area contributed by atoms with Crippen LogP contribution >= 0.6 is 11.3 Å². The summed E-state index contributed by atoms with van der Waals surface area (Å²) in [6.07, 6.45) is 2.40. The van der Waals surface area contributed by atoms with Gasteiger partial charge in [0.1, 0.15) is 5.01 Å². The first-order chi connectivity index (χ1) is 10.9. The summed E-state index contributed by atoms with van der Waals surface area (Å²) >= 11 is 1.59. The highest BCUT2D eigenvalue weighted by Crippen LogP contribution is 2.22. The van der Waals surface area contributed by atoms with Gasteiger partial charge < -0.3 is 0 Å². The molecule has 0 radical (unpaired) electrons. The molecule has 0 aliphatic carbocycles. The average Bonchev–Trinajstić information content (AvgIpc) is 2.86. The zero-order chi connectivity index (χ0) is 16.9.